The number of nitrogens with zero attached hydrogens (tertiary/aromatic N) is 3. The summed E-state index contributed by atoms with van der Waals surface area (Å²) in [6, 6.07) is 16.0. The molecule has 2 aromatic carbocycles. The van der Waals surface area contributed by atoms with Gasteiger partial charge in [0, 0.05) is 22.8 Å². The normalized spacial score (nSPS) is 11.8. The summed E-state index contributed by atoms with van der Waals surface area (Å²) in [7, 11) is 0. The number of fused-ring (bicyclic) bond motifs is 2. The lowest BCUT2D eigenvalue weighted by Crippen LogP contribution is -1.95. The predicted octanol–water partition coefficient (Wildman–Crippen LogP) is 4.96. The first-order chi connectivity index (χ1) is 13.2. The van der Waals surface area contributed by atoms with Crippen LogP contribution in [0.15, 0.2) is 52.9 Å². The number of H-pyrrole nitrogens is 2. The molecule has 0 unspecified atom stereocenters. The van der Waals surface area contributed by atoms with Crippen LogP contribution >= 0.6 is 0 Å². The highest BCUT2D eigenvalue weighted by molar-refractivity contribution is 5.96. The van der Waals surface area contributed by atoms with Crippen molar-refractivity contribution in [1.29, 1.82) is 0 Å². The molecule has 27 heavy (non-hydrogen) atoms. The summed E-state index contributed by atoms with van der Waals surface area (Å²) in [6.45, 7) is 4.33. The fraction of sp³-hybridized carbons (Fsp3) is 0.190. The molecule has 0 saturated carbocycles. The Bertz CT molecular complexity index is 1210. The van der Waals surface area contributed by atoms with Gasteiger partial charge >= 0.3 is 0 Å². The molecular weight excluding hydrogens is 338 g/mol. The van der Waals surface area contributed by atoms with E-state index in [2.05, 4.69) is 45.3 Å². The number of furan rings is 1. The Hall–Kier alpha value is -3.41. The van der Waals surface area contributed by atoms with Crippen molar-refractivity contribution in [2.75, 3.05) is 0 Å². The van der Waals surface area contributed by atoms with E-state index in [0.29, 0.717) is 11.7 Å². The van der Waals surface area contributed by atoms with Crippen molar-refractivity contribution in [2.24, 2.45) is 5.92 Å². The van der Waals surface area contributed by atoms with Crippen LogP contribution in [0.3, 0.4) is 0 Å². The average molecular weight is 357 g/mol. The van der Waals surface area contributed by atoms with Crippen LogP contribution in [0.25, 0.3) is 44.7 Å². The van der Waals surface area contributed by atoms with Crippen LogP contribution in [0, 0.1) is 5.92 Å². The molecule has 0 aliphatic rings. The minimum atomic E-state index is 0.529. The predicted molar refractivity (Wildman–Crippen MR) is 105 cm³/mol. The molecule has 3 heterocycles. The number of benzene rings is 2. The molecule has 0 fully saturated rings. The summed E-state index contributed by atoms with van der Waals surface area (Å²) in [5.74, 6) is 2.88. The summed E-state index contributed by atoms with van der Waals surface area (Å²) in [6.07, 6.45) is 0.880. The smallest absolute Gasteiger partial charge is 0.181 e. The van der Waals surface area contributed by atoms with Gasteiger partial charge in [-0.2, -0.15) is 10.2 Å². The Labute approximate surface area is 155 Å². The van der Waals surface area contributed by atoms with Crippen LogP contribution in [-0.4, -0.2) is 25.4 Å². The molecule has 134 valence electrons. The van der Waals surface area contributed by atoms with Crippen LogP contribution in [0.1, 0.15) is 19.7 Å². The Balaban J connectivity index is 1.59. The second kappa shape index (κ2) is 6.09. The number of rotatable bonds is 4. The highest BCUT2D eigenvalue weighted by atomic mass is 16.3. The van der Waals surface area contributed by atoms with E-state index in [1.54, 1.807) is 0 Å². The number of aromatic nitrogens is 5. The van der Waals surface area contributed by atoms with Gasteiger partial charge in [-0.1, -0.05) is 32.0 Å². The van der Waals surface area contributed by atoms with Gasteiger partial charge in [-0.05, 0) is 36.2 Å². The van der Waals surface area contributed by atoms with E-state index in [4.69, 9.17) is 4.42 Å². The van der Waals surface area contributed by atoms with Crippen molar-refractivity contribution in [3.63, 3.8) is 0 Å². The maximum atomic E-state index is 5.99. The minimum Gasteiger partial charge on any atom is -0.454 e. The Morgan fingerprint density at radius 1 is 1.00 bits per heavy atom. The monoisotopic (exact) mass is 357 g/mol. The second-order valence-electron chi connectivity index (χ2n) is 7.18. The quantitative estimate of drug-likeness (QED) is 0.476. The lowest BCUT2D eigenvalue weighted by atomic mass is 10.1. The van der Waals surface area contributed by atoms with Crippen molar-refractivity contribution in [2.45, 2.75) is 20.3 Å². The summed E-state index contributed by atoms with van der Waals surface area (Å²) in [4.78, 5) is 4.63. The average Bonchev–Trinajstić information content (AvgIpc) is 3.37. The fourth-order valence-electron chi connectivity index (χ4n) is 3.34. The van der Waals surface area contributed by atoms with E-state index in [1.807, 2.05) is 42.5 Å². The van der Waals surface area contributed by atoms with Gasteiger partial charge in [0.2, 0.25) is 0 Å². The molecule has 0 aliphatic carbocycles. The summed E-state index contributed by atoms with van der Waals surface area (Å²) in [5, 5.41) is 17.0. The zero-order chi connectivity index (χ0) is 18.4. The maximum absolute atomic E-state index is 5.99. The van der Waals surface area contributed by atoms with Crippen molar-refractivity contribution in [3.05, 3.63) is 54.4 Å². The highest BCUT2D eigenvalue weighted by Crippen LogP contribution is 2.33. The molecule has 5 rings (SSSR count). The summed E-state index contributed by atoms with van der Waals surface area (Å²) >= 11 is 0. The van der Waals surface area contributed by atoms with Crippen LogP contribution in [0.5, 0.6) is 0 Å². The molecule has 0 aliphatic heterocycles. The summed E-state index contributed by atoms with van der Waals surface area (Å²) in [5.41, 5.74) is 3.55. The van der Waals surface area contributed by atoms with E-state index >= 15 is 0 Å². The van der Waals surface area contributed by atoms with Gasteiger partial charge in [-0.15, -0.1) is 0 Å². The Kier molecular flexibility index (Phi) is 3.57. The standard InChI is InChI=1S/C21H19N5O/c1-12(2)9-19-22-21(26-24-19)14-7-8-16-15(10-14)20(25-23-16)18-11-13-5-3-4-6-17(13)27-18/h3-8,10-12H,9H2,1-2H3,(H,23,25)(H,22,24,26). The number of hydrogen-bond donors (Lipinski definition) is 2. The van der Waals surface area contributed by atoms with E-state index < -0.39 is 0 Å². The zero-order valence-electron chi connectivity index (χ0n) is 15.2. The van der Waals surface area contributed by atoms with Crippen LogP contribution in [0.4, 0.5) is 0 Å². The minimum absolute atomic E-state index is 0.529. The largest absolute Gasteiger partial charge is 0.454 e. The molecule has 0 spiro atoms. The Morgan fingerprint density at radius 3 is 2.74 bits per heavy atom. The molecule has 0 bridgehead atoms. The first-order valence-electron chi connectivity index (χ1n) is 9.06. The molecule has 6 nitrogen and oxygen atoms in total. The molecule has 2 N–H and O–H groups in total. The molecule has 0 atom stereocenters. The van der Waals surface area contributed by atoms with Gasteiger partial charge in [0.15, 0.2) is 11.6 Å². The lowest BCUT2D eigenvalue weighted by Gasteiger charge is -1.99. The number of aromatic amines is 2. The van der Waals surface area contributed by atoms with E-state index in [0.717, 1.165) is 51.1 Å². The molecular formula is C21H19N5O. The third kappa shape index (κ3) is 2.79. The van der Waals surface area contributed by atoms with Crippen LogP contribution in [0.2, 0.25) is 0 Å². The van der Waals surface area contributed by atoms with Crippen molar-refractivity contribution in [3.8, 4) is 22.8 Å². The fourth-order valence-corrected chi connectivity index (χ4v) is 3.34. The zero-order valence-corrected chi connectivity index (χ0v) is 15.2. The molecule has 3 aromatic heterocycles. The van der Waals surface area contributed by atoms with E-state index in [1.165, 1.54) is 0 Å². The molecule has 0 radical (unpaired) electrons. The second-order valence-corrected chi connectivity index (χ2v) is 7.18. The summed E-state index contributed by atoms with van der Waals surface area (Å²) < 4.78 is 5.99. The van der Waals surface area contributed by atoms with E-state index in [-0.39, 0.29) is 0 Å². The van der Waals surface area contributed by atoms with Crippen molar-refractivity contribution in [1.82, 2.24) is 25.4 Å². The van der Waals surface area contributed by atoms with Gasteiger partial charge in [-0.3, -0.25) is 10.2 Å². The topological polar surface area (TPSA) is 83.4 Å². The SMILES string of the molecule is CC(C)Cc1nc(-c2ccc3[nH]nc(-c4cc5ccccc5o4)c3c2)n[nH]1. The number of nitrogens with one attached hydrogen (secondary N) is 2. The Morgan fingerprint density at radius 2 is 1.89 bits per heavy atom. The van der Waals surface area contributed by atoms with Gasteiger partial charge < -0.3 is 4.42 Å². The van der Waals surface area contributed by atoms with Crippen molar-refractivity contribution >= 4 is 21.9 Å². The molecule has 5 aromatic rings. The first kappa shape index (κ1) is 15.8. The van der Waals surface area contributed by atoms with Crippen LogP contribution < -0.4 is 0 Å². The lowest BCUT2D eigenvalue weighted by molar-refractivity contribution is 0.622. The van der Waals surface area contributed by atoms with Gasteiger partial charge in [0.05, 0.1) is 5.52 Å². The van der Waals surface area contributed by atoms with Crippen LogP contribution in [-0.2, 0) is 6.42 Å². The van der Waals surface area contributed by atoms with Crippen molar-refractivity contribution < 1.29 is 4.42 Å². The number of hydrogen-bond acceptors (Lipinski definition) is 4. The number of para-hydroxylation sites is 1. The van der Waals surface area contributed by atoms with Gasteiger partial charge in [-0.25, -0.2) is 4.98 Å². The van der Waals surface area contributed by atoms with E-state index in [9.17, 15) is 0 Å². The third-order valence-electron chi connectivity index (χ3n) is 4.61. The third-order valence-corrected chi connectivity index (χ3v) is 4.61. The maximum Gasteiger partial charge on any atom is 0.181 e. The first-order valence-corrected chi connectivity index (χ1v) is 9.06. The van der Waals surface area contributed by atoms with Gasteiger partial charge in [0.25, 0.3) is 0 Å². The van der Waals surface area contributed by atoms with Gasteiger partial charge in [0.1, 0.15) is 17.1 Å². The molecule has 0 amide bonds. The highest BCUT2D eigenvalue weighted by Gasteiger charge is 2.15. The molecule has 0 saturated heterocycles. The molecule has 6 heteroatoms.